The second-order valence-electron chi connectivity index (χ2n) is 9.19. The number of hydrogen-bond acceptors (Lipinski definition) is 6. The maximum absolute atomic E-state index is 8.88. The molecule has 4 aliphatic heterocycles. The summed E-state index contributed by atoms with van der Waals surface area (Å²) in [5.41, 5.74) is 0. The van der Waals surface area contributed by atoms with E-state index >= 15 is 0 Å². The van der Waals surface area contributed by atoms with Crippen molar-refractivity contribution < 1.29 is 32.6 Å². The number of nitrogens with zero attached hydrogens (tertiary/aromatic N) is 6. The van der Waals surface area contributed by atoms with Crippen LogP contribution < -0.4 is 0 Å². The average Bonchev–Trinajstić information content (AvgIpc) is 3.64. The van der Waals surface area contributed by atoms with Gasteiger partial charge < -0.3 is 40.4 Å². The summed E-state index contributed by atoms with van der Waals surface area (Å²) in [5.74, 6) is 0. The molecule has 0 amide bonds. The normalized spacial score (nSPS) is 17.9. The summed E-state index contributed by atoms with van der Waals surface area (Å²) in [7, 11) is 0. The molecule has 4 heterocycles. The van der Waals surface area contributed by atoms with E-state index in [0.29, 0.717) is 35.5 Å². The molecule has 0 radical (unpaired) electrons. The first-order valence-electron chi connectivity index (χ1n) is 13.9. The van der Waals surface area contributed by atoms with Gasteiger partial charge in [0.2, 0.25) is 0 Å². The zero-order valence-corrected chi connectivity index (χ0v) is 36.5. The van der Waals surface area contributed by atoms with E-state index in [2.05, 4.69) is 124 Å². The average molecular weight is 1370 g/mol. The van der Waals surface area contributed by atoms with Crippen LogP contribution in [0, 0.1) is 13.3 Å². The molecule has 0 saturated carbocycles. The number of aliphatic hydroxyl groups is 2. The molecule has 242 valence electrons. The summed E-state index contributed by atoms with van der Waals surface area (Å²) in [4.78, 5) is 8.38. The Morgan fingerprint density at radius 3 is 1.05 bits per heavy atom. The Morgan fingerprint density at radius 2 is 0.825 bits per heavy atom. The molecule has 2 N–H and O–H groups in total. The number of hydrogen-bond donors (Lipinski definition) is 2. The topological polar surface area (TPSA) is 81.6 Å². The van der Waals surface area contributed by atoms with Gasteiger partial charge in [0.05, 0.1) is 13.2 Å². The SMILES string of the molecule is C1CC[N-]CC1.C1CC[N-]CC1.OCCN1C=CN(CCCCCCN2C=CN(CCO)[CH-]2)[CH-]1.[I][Pt+2][I].[I][Pt+2][I]. The molecule has 0 aromatic heterocycles. The van der Waals surface area contributed by atoms with E-state index in [-0.39, 0.29) is 13.2 Å². The quantitative estimate of drug-likeness (QED) is 0.126. The van der Waals surface area contributed by atoms with E-state index in [1.54, 1.807) is 0 Å². The van der Waals surface area contributed by atoms with E-state index in [9.17, 15) is 0 Å². The summed E-state index contributed by atoms with van der Waals surface area (Å²) < 4.78 is 0. The van der Waals surface area contributed by atoms with Crippen LogP contribution in [0.5, 0.6) is 0 Å². The van der Waals surface area contributed by atoms with E-state index < -0.39 is 0 Å². The van der Waals surface area contributed by atoms with Gasteiger partial charge in [-0.05, 0) is 50.7 Å². The van der Waals surface area contributed by atoms with Crippen LogP contribution in [-0.2, 0) is 22.4 Å². The van der Waals surface area contributed by atoms with Crippen molar-refractivity contribution in [1.82, 2.24) is 19.6 Å². The molecule has 8 nitrogen and oxygen atoms in total. The number of β-amino-alcohol motifs (C(OH)–C–C–N with tert-alkyl or cyclic N) is 2. The predicted octanol–water partition coefficient (Wildman–Crippen LogP) is 7.57. The van der Waals surface area contributed by atoms with Crippen LogP contribution in [0.4, 0.5) is 0 Å². The Balaban J connectivity index is 0.000000678. The van der Waals surface area contributed by atoms with E-state index in [1.807, 2.05) is 22.2 Å². The second kappa shape index (κ2) is 34.7. The van der Waals surface area contributed by atoms with Gasteiger partial charge in [0.1, 0.15) is 0 Å². The summed E-state index contributed by atoms with van der Waals surface area (Å²) in [6, 6.07) is 0. The van der Waals surface area contributed by atoms with E-state index in [0.717, 1.165) is 39.3 Å². The second-order valence-corrected chi connectivity index (χ2v) is 42.4. The van der Waals surface area contributed by atoms with Gasteiger partial charge in [0.25, 0.3) is 0 Å². The van der Waals surface area contributed by atoms with Crippen molar-refractivity contribution in [3.63, 3.8) is 0 Å². The van der Waals surface area contributed by atoms with Gasteiger partial charge in [0, 0.05) is 13.1 Å². The molecule has 0 aromatic carbocycles. The third-order valence-corrected chi connectivity index (χ3v) is 6.06. The number of aliphatic hydroxyl groups excluding tert-OH is 2. The van der Waals surface area contributed by atoms with Crippen LogP contribution in [0.3, 0.4) is 0 Å². The molecule has 0 aromatic rings. The van der Waals surface area contributed by atoms with Gasteiger partial charge in [0.15, 0.2) is 0 Å². The molecule has 0 aliphatic carbocycles. The van der Waals surface area contributed by atoms with Crippen LogP contribution in [0.2, 0.25) is 0 Å². The van der Waals surface area contributed by atoms with Crippen molar-refractivity contribution in [2.24, 2.45) is 0 Å². The van der Waals surface area contributed by atoms with Gasteiger partial charge in [-0.15, -0.1) is 26.2 Å². The van der Waals surface area contributed by atoms with Crippen molar-refractivity contribution >= 4 is 77.4 Å². The van der Waals surface area contributed by atoms with Crippen LogP contribution in [-0.4, -0.2) is 95.4 Å². The summed E-state index contributed by atoms with van der Waals surface area (Å²) in [5, 5.41) is 26.1. The van der Waals surface area contributed by atoms with Crippen LogP contribution >= 0.6 is 77.4 Å². The fourth-order valence-corrected chi connectivity index (χ4v) is 4.05. The van der Waals surface area contributed by atoms with E-state index in [1.165, 1.54) is 64.2 Å². The minimum atomic E-state index is 0.187. The summed E-state index contributed by atoms with van der Waals surface area (Å²) >= 11 is 10.6. The summed E-state index contributed by atoms with van der Waals surface area (Å²) in [6.45, 7) is 12.4. The standard InChI is InChI=1S/C16H28N4O2.2C5H10N.4HI.2Pt/c21-13-11-19-9-7-17(15-19)5-3-1-2-4-6-18-8-10-20(16-18)12-14-22;2*1-2-4-6-5-3-1;;;;;;/h7-10,15-16,21-22H,1-6,11-14H2;2*1-5H2;4*1H;;/q-2;2*-1;;;;;2*+4/p-4. The first-order valence-corrected chi connectivity index (χ1v) is 39.6. The fraction of sp³-hybridized carbons (Fsp3) is 0.769. The fourth-order valence-electron chi connectivity index (χ4n) is 4.05. The summed E-state index contributed by atoms with van der Waals surface area (Å²) in [6.07, 6.45) is 21.1. The van der Waals surface area contributed by atoms with Gasteiger partial charge in [-0.1, -0.05) is 51.4 Å². The number of piperidine rings is 2. The van der Waals surface area contributed by atoms with Crippen molar-refractivity contribution in [3.05, 3.63) is 48.8 Å². The molecule has 0 spiro atoms. The van der Waals surface area contributed by atoms with E-state index in [4.69, 9.17) is 10.2 Å². The van der Waals surface area contributed by atoms with Crippen LogP contribution in [0.25, 0.3) is 10.6 Å². The molecule has 4 aliphatic rings. The molecule has 14 heteroatoms. The van der Waals surface area contributed by atoms with Gasteiger partial charge >= 0.3 is 99.8 Å². The molecule has 2 fully saturated rings. The molecular formula is C26H48I4N6O2Pt2. The number of rotatable bonds is 11. The monoisotopic (exact) mass is 1370 g/mol. The van der Waals surface area contributed by atoms with Crippen LogP contribution in [0.1, 0.15) is 64.2 Å². The Labute approximate surface area is 303 Å². The van der Waals surface area contributed by atoms with Crippen molar-refractivity contribution in [2.75, 3.05) is 65.6 Å². The molecular weight excluding hydrogens is 1330 g/mol. The Morgan fingerprint density at radius 1 is 0.525 bits per heavy atom. The van der Waals surface area contributed by atoms with Gasteiger partial charge in [-0.2, -0.15) is 13.3 Å². The Hall–Kier alpha value is 2.82. The van der Waals surface area contributed by atoms with Gasteiger partial charge in [-0.25, -0.2) is 0 Å². The molecule has 0 unspecified atom stereocenters. The zero-order valence-electron chi connectivity index (χ0n) is 23.3. The molecule has 0 atom stereocenters. The minimum absolute atomic E-state index is 0.187. The molecule has 0 bridgehead atoms. The number of halogens is 4. The first-order chi connectivity index (χ1) is 19.6. The molecule has 2 saturated heterocycles. The molecule has 40 heavy (non-hydrogen) atoms. The van der Waals surface area contributed by atoms with Crippen molar-refractivity contribution in [3.8, 4) is 0 Å². The van der Waals surface area contributed by atoms with Gasteiger partial charge in [-0.3, -0.25) is 0 Å². The Bertz CT molecular complexity index is 512. The van der Waals surface area contributed by atoms with Crippen molar-refractivity contribution in [1.29, 1.82) is 0 Å². The van der Waals surface area contributed by atoms with Crippen LogP contribution in [0.15, 0.2) is 24.8 Å². The third kappa shape index (κ3) is 28.3. The zero-order chi connectivity index (χ0) is 29.5. The number of unbranched alkanes of at least 4 members (excludes halogenated alkanes) is 3. The third-order valence-electron chi connectivity index (χ3n) is 6.06. The Kier molecular flexibility index (Phi) is 37.1. The van der Waals surface area contributed by atoms with Crippen molar-refractivity contribution in [2.45, 2.75) is 64.2 Å². The molecule has 4 rings (SSSR count). The maximum atomic E-state index is 8.88. The predicted molar refractivity (Wildman–Crippen MR) is 196 cm³/mol. The first kappa shape index (κ1) is 42.8.